The highest BCUT2D eigenvalue weighted by Crippen LogP contribution is 2.25. The van der Waals surface area contributed by atoms with E-state index < -0.39 is 0 Å². The number of amides is 1. The molecule has 1 amide bonds. The van der Waals surface area contributed by atoms with E-state index in [-0.39, 0.29) is 30.5 Å². The molecule has 0 aliphatic rings. The second-order valence-corrected chi connectivity index (χ2v) is 6.99. The average molecular weight is 337 g/mol. The smallest absolute Gasteiger partial charge is 0.262 e. The number of aryl methyl sites for hydroxylation is 3. The van der Waals surface area contributed by atoms with Gasteiger partial charge in [-0.05, 0) is 39.2 Å². The molecule has 2 N–H and O–H groups in total. The molecule has 0 aliphatic heterocycles. The van der Waals surface area contributed by atoms with Crippen molar-refractivity contribution >= 4 is 27.5 Å². The predicted octanol–water partition coefficient (Wildman–Crippen LogP) is 1.74. The van der Waals surface area contributed by atoms with Crippen molar-refractivity contribution in [2.24, 2.45) is 0 Å². The average Bonchev–Trinajstić information content (AvgIpc) is 2.80. The van der Waals surface area contributed by atoms with E-state index in [9.17, 15) is 9.59 Å². The summed E-state index contributed by atoms with van der Waals surface area (Å²) in [5.41, 5.74) is 0.886. The van der Waals surface area contributed by atoms with E-state index in [4.69, 9.17) is 5.11 Å². The van der Waals surface area contributed by atoms with Crippen LogP contribution >= 0.6 is 11.3 Å². The number of nitrogens with zero attached hydrogens (tertiary/aromatic N) is 2. The highest BCUT2D eigenvalue weighted by atomic mass is 32.1. The molecule has 0 saturated heterocycles. The molecule has 0 aromatic carbocycles. The molecule has 1 atom stereocenters. The number of aliphatic hydroxyl groups is 1. The molecule has 0 spiro atoms. The number of aliphatic hydroxyl groups excluding tert-OH is 1. The largest absolute Gasteiger partial charge is 0.396 e. The van der Waals surface area contributed by atoms with Gasteiger partial charge in [0.1, 0.15) is 4.83 Å². The molecular formula is C16H23N3O3S. The molecule has 1 unspecified atom stereocenters. The van der Waals surface area contributed by atoms with Crippen molar-refractivity contribution in [3.8, 4) is 0 Å². The second-order valence-electron chi connectivity index (χ2n) is 5.79. The number of thiophene rings is 1. The SMILES string of the molecule is Cc1sc2ncn(CCC(=O)NC(C)CCCO)c(=O)c2c1C. The zero-order valence-electron chi connectivity index (χ0n) is 13.8. The maximum absolute atomic E-state index is 12.5. The van der Waals surface area contributed by atoms with Crippen molar-refractivity contribution in [1.82, 2.24) is 14.9 Å². The van der Waals surface area contributed by atoms with Gasteiger partial charge >= 0.3 is 0 Å². The Morgan fingerprint density at radius 3 is 2.91 bits per heavy atom. The van der Waals surface area contributed by atoms with Crippen molar-refractivity contribution < 1.29 is 9.90 Å². The Morgan fingerprint density at radius 1 is 1.48 bits per heavy atom. The van der Waals surface area contributed by atoms with Crippen molar-refractivity contribution in [2.75, 3.05) is 6.61 Å². The lowest BCUT2D eigenvalue weighted by atomic mass is 10.2. The Hall–Kier alpha value is -1.73. The molecule has 0 radical (unpaired) electrons. The van der Waals surface area contributed by atoms with Crippen molar-refractivity contribution in [1.29, 1.82) is 0 Å². The minimum atomic E-state index is -0.0966. The normalized spacial score (nSPS) is 12.5. The number of carbonyl (C=O) groups excluding carboxylic acids is 1. The van der Waals surface area contributed by atoms with Gasteiger partial charge in [-0.3, -0.25) is 14.2 Å². The van der Waals surface area contributed by atoms with E-state index in [1.165, 1.54) is 22.2 Å². The summed E-state index contributed by atoms with van der Waals surface area (Å²) in [4.78, 5) is 30.6. The molecule has 126 valence electrons. The van der Waals surface area contributed by atoms with Crippen LogP contribution in [0, 0.1) is 13.8 Å². The lowest BCUT2D eigenvalue weighted by Crippen LogP contribution is -2.34. The maximum atomic E-state index is 12.5. The first-order valence-electron chi connectivity index (χ1n) is 7.79. The fourth-order valence-electron chi connectivity index (χ4n) is 2.47. The summed E-state index contributed by atoms with van der Waals surface area (Å²) in [6, 6.07) is 0.0220. The Kier molecular flexibility index (Phi) is 5.90. The van der Waals surface area contributed by atoms with Crippen LogP contribution in [0.15, 0.2) is 11.1 Å². The third-order valence-electron chi connectivity index (χ3n) is 3.94. The third kappa shape index (κ3) is 4.17. The summed E-state index contributed by atoms with van der Waals surface area (Å²) in [6.07, 6.45) is 3.16. The van der Waals surface area contributed by atoms with E-state index in [2.05, 4.69) is 10.3 Å². The third-order valence-corrected chi connectivity index (χ3v) is 5.05. The van der Waals surface area contributed by atoms with Crippen LogP contribution < -0.4 is 10.9 Å². The Morgan fingerprint density at radius 2 is 2.22 bits per heavy atom. The Balaban J connectivity index is 2.02. The summed E-state index contributed by atoms with van der Waals surface area (Å²) < 4.78 is 1.50. The van der Waals surface area contributed by atoms with Crippen LogP contribution in [0.25, 0.3) is 10.2 Å². The van der Waals surface area contributed by atoms with E-state index in [0.717, 1.165) is 21.7 Å². The van der Waals surface area contributed by atoms with Crippen molar-refractivity contribution in [3.05, 3.63) is 27.1 Å². The van der Waals surface area contributed by atoms with Gasteiger partial charge in [-0.1, -0.05) is 0 Å². The van der Waals surface area contributed by atoms with Crippen LogP contribution in [-0.2, 0) is 11.3 Å². The second kappa shape index (κ2) is 7.70. The number of aromatic nitrogens is 2. The fraction of sp³-hybridized carbons (Fsp3) is 0.562. The summed E-state index contributed by atoms with van der Waals surface area (Å²) in [6.45, 7) is 6.25. The van der Waals surface area contributed by atoms with E-state index >= 15 is 0 Å². The van der Waals surface area contributed by atoms with Gasteiger partial charge in [0.15, 0.2) is 0 Å². The number of carbonyl (C=O) groups is 1. The molecule has 2 aromatic heterocycles. The Labute approximate surface area is 139 Å². The summed E-state index contributed by atoms with van der Waals surface area (Å²) in [5.74, 6) is -0.0966. The zero-order valence-corrected chi connectivity index (χ0v) is 14.6. The number of nitrogens with one attached hydrogen (secondary N) is 1. The molecule has 7 heteroatoms. The standard InChI is InChI=1S/C16H23N3O3S/c1-10(5-4-8-20)18-13(21)6-7-19-9-17-15-14(16(19)22)11(2)12(3)23-15/h9-10,20H,4-8H2,1-3H3,(H,18,21). The number of hydrogen-bond donors (Lipinski definition) is 2. The fourth-order valence-corrected chi connectivity index (χ4v) is 3.46. The van der Waals surface area contributed by atoms with Crippen LogP contribution in [0.2, 0.25) is 0 Å². The maximum Gasteiger partial charge on any atom is 0.262 e. The van der Waals surface area contributed by atoms with E-state index in [0.29, 0.717) is 18.4 Å². The lowest BCUT2D eigenvalue weighted by molar-refractivity contribution is -0.122. The van der Waals surface area contributed by atoms with Gasteiger partial charge in [0, 0.05) is 30.5 Å². The molecule has 2 heterocycles. The molecule has 6 nitrogen and oxygen atoms in total. The lowest BCUT2D eigenvalue weighted by Gasteiger charge is -2.13. The van der Waals surface area contributed by atoms with E-state index in [1.54, 1.807) is 0 Å². The van der Waals surface area contributed by atoms with Crippen molar-refractivity contribution in [2.45, 2.75) is 52.6 Å². The van der Waals surface area contributed by atoms with Gasteiger partial charge in [-0.2, -0.15) is 0 Å². The van der Waals surface area contributed by atoms with E-state index in [1.807, 2.05) is 20.8 Å². The molecule has 2 rings (SSSR count). The number of hydrogen-bond acceptors (Lipinski definition) is 5. The molecule has 2 aromatic rings. The number of rotatable bonds is 7. The molecule has 0 fully saturated rings. The first-order chi connectivity index (χ1) is 10.9. The van der Waals surface area contributed by atoms with Crippen molar-refractivity contribution in [3.63, 3.8) is 0 Å². The van der Waals surface area contributed by atoms with Gasteiger partial charge in [0.2, 0.25) is 5.91 Å². The molecule has 0 saturated carbocycles. The van der Waals surface area contributed by atoms with Gasteiger partial charge < -0.3 is 10.4 Å². The van der Waals surface area contributed by atoms with Crippen LogP contribution in [-0.4, -0.2) is 33.2 Å². The van der Waals surface area contributed by atoms with Crippen LogP contribution in [0.4, 0.5) is 0 Å². The predicted molar refractivity (Wildman–Crippen MR) is 91.9 cm³/mol. The summed E-state index contributed by atoms with van der Waals surface area (Å²) in [7, 11) is 0. The first kappa shape index (κ1) is 17.6. The van der Waals surface area contributed by atoms with Gasteiger partial charge in [-0.25, -0.2) is 4.98 Å². The highest BCUT2D eigenvalue weighted by molar-refractivity contribution is 7.18. The first-order valence-corrected chi connectivity index (χ1v) is 8.61. The molecule has 0 bridgehead atoms. The minimum absolute atomic E-state index is 0.0220. The quantitative estimate of drug-likeness (QED) is 0.806. The number of fused-ring (bicyclic) bond motifs is 1. The van der Waals surface area contributed by atoms with Crippen LogP contribution in [0.5, 0.6) is 0 Å². The van der Waals surface area contributed by atoms with Gasteiger partial charge in [0.25, 0.3) is 5.56 Å². The van der Waals surface area contributed by atoms with Gasteiger partial charge in [-0.15, -0.1) is 11.3 Å². The summed E-state index contributed by atoms with van der Waals surface area (Å²) in [5, 5.41) is 12.3. The van der Waals surface area contributed by atoms with Gasteiger partial charge in [0.05, 0.1) is 11.7 Å². The molecule has 0 aliphatic carbocycles. The monoisotopic (exact) mass is 337 g/mol. The minimum Gasteiger partial charge on any atom is -0.396 e. The van der Waals surface area contributed by atoms with Crippen LogP contribution in [0.3, 0.4) is 0 Å². The molecular weight excluding hydrogens is 314 g/mol. The summed E-state index contributed by atoms with van der Waals surface area (Å²) >= 11 is 1.52. The topological polar surface area (TPSA) is 84.2 Å². The highest BCUT2D eigenvalue weighted by Gasteiger charge is 2.13. The molecule has 23 heavy (non-hydrogen) atoms. The van der Waals surface area contributed by atoms with Crippen LogP contribution in [0.1, 0.15) is 36.6 Å². The zero-order chi connectivity index (χ0) is 17.0. The Bertz CT molecular complexity index is 751.